The van der Waals surface area contributed by atoms with Gasteiger partial charge in [-0.25, -0.2) is 0 Å². The van der Waals surface area contributed by atoms with E-state index in [9.17, 15) is 4.79 Å². The van der Waals surface area contributed by atoms with Gasteiger partial charge in [0.15, 0.2) is 6.10 Å². The van der Waals surface area contributed by atoms with E-state index in [1.54, 1.807) is 0 Å². The van der Waals surface area contributed by atoms with Crippen LogP contribution < -0.4 is 10.1 Å². The molecule has 1 unspecified atom stereocenters. The fourth-order valence-electron chi connectivity index (χ4n) is 2.97. The lowest BCUT2D eigenvalue weighted by molar-refractivity contribution is -0.123. The van der Waals surface area contributed by atoms with E-state index < -0.39 is 6.10 Å². The van der Waals surface area contributed by atoms with Crippen LogP contribution in [0.25, 0.3) is 0 Å². The number of aryl methyl sites for hydroxylation is 4. The highest BCUT2D eigenvalue weighted by Gasteiger charge is 2.26. The molecule has 1 aliphatic heterocycles. The van der Waals surface area contributed by atoms with Gasteiger partial charge in [0.1, 0.15) is 5.75 Å². The van der Waals surface area contributed by atoms with E-state index in [4.69, 9.17) is 4.74 Å². The minimum absolute atomic E-state index is 0.0729. The number of benzene rings is 2. The summed E-state index contributed by atoms with van der Waals surface area (Å²) in [7, 11) is 0. The quantitative estimate of drug-likeness (QED) is 0.911. The molecule has 0 fully saturated rings. The molecular weight excluding hydrogens is 274 g/mol. The number of rotatable bonds is 2. The van der Waals surface area contributed by atoms with Crippen LogP contribution in [0.15, 0.2) is 36.4 Å². The van der Waals surface area contributed by atoms with Crippen molar-refractivity contribution in [3.8, 4) is 5.75 Å². The Kier molecular flexibility index (Phi) is 3.88. The molecule has 0 aromatic heterocycles. The Hall–Kier alpha value is -2.29. The van der Waals surface area contributed by atoms with Gasteiger partial charge in [0.25, 0.3) is 5.91 Å². The first-order valence-corrected chi connectivity index (χ1v) is 7.66. The van der Waals surface area contributed by atoms with Crippen molar-refractivity contribution >= 4 is 11.6 Å². The monoisotopic (exact) mass is 295 g/mol. The molecule has 1 heterocycles. The van der Waals surface area contributed by atoms with Crippen LogP contribution >= 0.6 is 0 Å². The normalized spacial score (nSPS) is 16.6. The summed E-state index contributed by atoms with van der Waals surface area (Å²) in [5.74, 6) is 0.758. The Morgan fingerprint density at radius 1 is 1.05 bits per heavy atom. The molecule has 1 aliphatic rings. The van der Waals surface area contributed by atoms with Crippen LogP contribution in [0.3, 0.4) is 0 Å². The molecule has 114 valence electrons. The van der Waals surface area contributed by atoms with Crippen molar-refractivity contribution in [2.75, 3.05) is 5.32 Å². The van der Waals surface area contributed by atoms with Crippen LogP contribution in [-0.2, 0) is 11.2 Å². The summed E-state index contributed by atoms with van der Waals surface area (Å²) >= 11 is 0. The molecule has 0 spiro atoms. The van der Waals surface area contributed by atoms with Gasteiger partial charge in [-0.2, -0.15) is 0 Å². The Labute approximate surface area is 131 Å². The van der Waals surface area contributed by atoms with Gasteiger partial charge in [-0.05, 0) is 68.5 Å². The minimum atomic E-state index is -0.420. The fraction of sp³-hybridized carbons (Fsp3) is 0.316. The third-order valence-corrected chi connectivity index (χ3v) is 3.94. The molecule has 22 heavy (non-hydrogen) atoms. The number of carbonyl (C=O) groups excluding carboxylic acids is 1. The van der Waals surface area contributed by atoms with Crippen molar-refractivity contribution in [1.29, 1.82) is 0 Å². The van der Waals surface area contributed by atoms with E-state index in [1.807, 2.05) is 38.1 Å². The van der Waals surface area contributed by atoms with Crippen LogP contribution in [0.1, 0.15) is 28.7 Å². The molecule has 3 heteroatoms. The summed E-state index contributed by atoms with van der Waals surface area (Å²) in [6, 6.07) is 12.2. The smallest absolute Gasteiger partial charge is 0.265 e. The number of amides is 1. The summed E-state index contributed by atoms with van der Waals surface area (Å²) in [6.45, 7) is 6.12. The summed E-state index contributed by atoms with van der Waals surface area (Å²) in [4.78, 5) is 12.4. The van der Waals surface area contributed by atoms with Gasteiger partial charge in [0.2, 0.25) is 0 Å². The second kappa shape index (κ2) is 5.84. The van der Waals surface area contributed by atoms with Crippen molar-refractivity contribution < 1.29 is 9.53 Å². The molecule has 2 aromatic carbocycles. The highest BCUT2D eigenvalue weighted by molar-refractivity contribution is 5.94. The molecule has 0 radical (unpaired) electrons. The second-order valence-corrected chi connectivity index (χ2v) is 6.12. The van der Waals surface area contributed by atoms with E-state index in [0.29, 0.717) is 6.42 Å². The van der Waals surface area contributed by atoms with Crippen LogP contribution in [0, 0.1) is 20.8 Å². The highest BCUT2D eigenvalue weighted by atomic mass is 16.5. The summed E-state index contributed by atoms with van der Waals surface area (Å²) in [6.07, 6.45) is 1.17. The average molecular weight is 295 g/mol. The van der Waals surface area contributed by atoms with Crippen molar-refractivity contribution in [1.82, 2.24) is 0 Å². The Morgan fingerprint density at radius 3 is 2.50 bits per heavy atom. The predicted molar refractivity (Wildman–Crippen MR) is 88.5 cm³/mol. The predicted octanol–water partition coefficient (Wildman–Crippen LogP) is 3.94. The second-order valence-electron chi connectivity index (χ2n) is 6.12. The molecule has 0 bridgehead atoms. The molecule has 2 aromatic rings. The molecule has 1 N–H and O–H groups in total. The Morgan fingerprint density at radius 2 is 1.77 bits per heavy atom. The van der Waals surface area contributed by atoms with Crippen LogP contribution in [0.2, 0.25) is 0 Å². The highest BCUT2D eigenvalue weighted by Crippen LogP contribution is 2.29. The van der Waals surface area contributed by atoms with E-state index in [0.717, 1.165) is 29.0 Å². The Balaban J connectivity index is 1.72. The van der Waals surface area contributed by atoms with E-state index in [-0.39, 0.29) is 5.91 Å². The molecule has 0 saturated carbocycles. The van der Waals surface area contributed by atoms with Gasteiger partial charge in [0, 0.05) is 5.69 Å². The number of hydrogen-bond acceptors (Lipinski definition) is 2. The van der Waals surface area contributed by atoms with E-state index in [2.05, 4.69) is 24.4 Å². The maximum absolute atomic E-state index is 12.4. The van der Waals surface area contributed by atoms with E-state index >= 15 is 0 Å². The first-order chi connectivity index (χ1) is 10.5. The molecule has 0 aliphatic carbocycles. The standard InChI is InChI=1S/C19H21NO2/c1-12-4-6-17-15(9-12)5-7-18(22-17)19(21)20-16-10-13(2)8-14(3)11-16/h4,6,8-11,18H,5,7H2,1-3H3,(H,20,21). The van der Waals surface area contributed by atoms with Crippen LogP contribution in [0.5, 0.6) is 5.75 Å². The number of carbonyl (C=O) groups is 1. The SMILES string of the molecule is Cc1cc(C)cc(NC(=O)C2CCc3cc(C)ccc3O2)c1. The van der Waals surface area contributed by atoms with Gasteiger partial charge in [-0.3, -0.25) is 4.79 Å². The zero-order valence-corrected chi connectivity index (χ0v) is 13.3. The van der Waals surface area contributed by atoms with Gasteiger partial charge >= 0.3 is 0 Å². The fourth-order valence-corrected chi connectivity index (χ4v) is 2.97. The van der Waals surface area contributed by atoms with Gasteiger partial charge in [-0.15, -0.1) is 0 Å². The average Bonchev–Trinajstić information content (AvgIpc) is 2.45. The van der Waals surface area contributed by atoms with Gasteiger partial charge < -0.3 is 10.1 Å². The minimum Gasteiger partial charge on any atom is -0.480 e. The third-order valence-electron chi connectivity index (χ3n) is 3.94. The lowest BCUT2D eigenvalue weighted by atomic mass is 10.00. The van der Waals surface area contributed by atoms with Crippen LogP contribution in [-0.4, -0.2) is 12.0 Å². The van der Waals surface area contributed by atoms with Gasteiger partial charge in [0.05, 0.1) is 0 Å². The number of anilines is 1. The maximum Gasteiger partial charge on any atom is 0.265 e. The molecule has 1 atom stereocenters. The first-order valence-electron chi connectivity index (χ1n) is 7.66. The van der Waals surface area contributed by atoms with Crippen molar-refractivity contribution in [2.24, 2.45) is 0 Å². The van der Waals surface area contributed by atoms with Crippen molar-refractivity contribution in [3.63, 3.8) is 0 Å². The number of fused-ring (bicyclic) bond motifs is 1. The summed E-state index contributed by atoms with van der Waals surface area (Å²) in [5.41, 5.74) is 5.53. The number of nitrogens with one attached hydrogen (secondary N) is 1. The molecule has 1 amide bonds. The zero-order chi connectivity index (χ0) is 15.7. The summed E-state index contributed by atoms with van der Waals surface area (Å²) < 4.78 is 5.87. The Bertz CT molecular complexity index is 701. The van der Waals surface area contributed by atoms with E-state index in [1.165, 1.54) is 11.1 Å². The molecule has 0 saturated heterocycles. The van der Waals surface area contributed by atoms with Gasteiger partial charge in [-0.1, -0.05) is 23.8 Å². The van der Waals surface area contributed by atoms with Crippen LogP contribution in [0.4, 0.5) is 5.69 Å². The zero-order valence-electron chi connectivity index (χ0n) is 13.3. The first kappa shape index (κ1) is 14.6. The largest absolute Gasteiger partial charge is 0.480 e. The topological polar surface area (TPSA) is 38.3 Å². The molecular formula is C19H21NO2. The molecule has 3 rings (SSSR count). The number of ether oxygens (including phenoxy) is 1. The lowest BCUT2D eigenvalue weighted by Crippen LogP contribution is -2.35. The third kappa shape index (κ3) is 3.14. The van der Waals surface area contributed by atoms with Crippen molar-refractivity contribution in [3.05, 3.63) is 58.7 Å². The van der Waals surface area contributed by atoms with Crippen molar-refractivity contribution in [2.45, 2.75) is 39.7 Å². The summed E-state index contributed by atoms with van der Waals surface area (Å²) in [5, 5.41) is 2.97. The number of hydrogen-bond donors (Lipinski definition) is 1. The maximum atomic E-state index is 12.4. The molecule has 3 nitrogen and oxygen atoms in total. The lowest BCUT2D eigenvalue weighted by Gasteiger charge is -2.25.